The molecule has 1 aliphatic heterocycles. The number of likely N-dealkylation sites (N-methyl/N-ethyl adjacent to an activating group) is 1. The van der Waals surface area contributed by atoms with Crippen LogP contribution >= 0.6 is 11.3 Å². The number of nitrogens with zero attached hydrogens (tertiary/aromatic N) is 7. The lowest BCUT2D eigenvalue weighted by Crippen LogP contribution is -2.46. The van der Waals surface area contributed by atoms with Crippen molar-refractivity contribution in [2.45, 2.75) is 52.0 Å². The Balaban J connectivity index is 1.10. The molecule has 11 heteroatoms. The highest BCUT2D eigenvalue weighted by molar-refractivity contribution is 7.23. The normalized spacial score (nSPS) is 16.5. The highest BCUT2D eigenvalue weighted by Gasteiger charge is 2.21. The summed E-state index contributed by atoms with van der Waals surface area (Å²) in [6.07, 6.45) is 4.52. The second-order valence-electron chi connectivity index (χ2n) is 12.1. The van der Waals surface area contributed by atoms with Gasteiger partial charge in [0.05, 0.1) is 37.2 Å². The van der Waals surface area contributed by atoms with E-state index in [2.05, 4.69) is 52.0 Å². The number of hydrogen-bond acceptors (Lipinski definition) is 10. The van der Waals surface area contributed by atoms with E-state index in [1.807, 2.05) is 49.8 Å². The van der Waals surface area contributed by atoms with Crippen molar-refractivity contribution in [3.05, 3.63) is 59.7 Å². The Hall–Kier alpha value is -3.67. The number of rotatable bonds is 9. The molecule has 1 fully saturated rings. The number of ketones is 1. The molecule has 42 heavy (non-hydrogen) atoms. The van der Waals surface area contributed by atoms with Crippen molar-refractivity contribution >= 4 is 38.4 Å². The van der Waals surface area contributed by atoms with Crippen LogP contribution in [0, 0.1) is 0 Å². The number of ether oxygens (including phenoxy) is 1. The Morgan fingerprint density at radius 1 is 1.17 bits per heavy atom. The molecule has 1 aromatic carbocycles. The van der Waals surface area contributed by atoms with E-state index in [0.29, 0.717) is 18.2 Å². The van der Waals surface area contributed by atoms with E-state index in [1.165, 1.54) is 0 Å². The van der Waals surface area contributed by atoms with Gasteiger partial charge in [0.25, 0.3) is 0 Å². The van der Waals surface area contributed by atoms with Gasteiger partial charge in [-0.3, -0.25) is 14.1 Å². The first-order chi connectivity index (χ1) is 20.1. The molecule has 5 aromatic rings. The van der Waals surface area contributed by atoms with E-state index in [1.54, 1.807) is 11.3 Å². The zero-order chi connectivity index (χ0) is 29.4. The van der Waals surface area contributed by atoms with Gasteiger partial charge in [0.15, 0.2) is 4.96 Å². The van der Waals surface area contributed by atoms with Crippen molar-refractivity contribution in [1.82, 2.24) is 29.4 Å². The first-order valence-electron chi connectivity index (χ1n) is 14.4. The summed E-state index contributed by atoms with van der Waals surface area (Å²) in [5, 5.41) is 4.07. The summed E-state index contributed by atoms with van der Waals surface area (Å²) in [4.78, 5) is 33.4. The van der Waals surface area contributed by atoms with E-state index in [-0.39, 0.29) is 17.6 Å². The lowest BCUT2D eigenvalue weighted by atomic mass is 9.93. The average Bonchev–Trinajstić information content (AvgIpc) is 3.67. The zero-order valence-corrected chi connectivity index (χ0v) is 25.6. The van der Waals surface area contributed by atoms with Crippen LogP contribution in [0.25, 0.3) is 26.6 Å². The minimum Gasteiger partial charge on any atom is -0.379 e. The summed E-state index contributed by atoms with van der Waals surface area (Å²) in [5.41, 5.74) is 4.32. The van der Waals surface area contributed by atoms with Crippen molar-refractivity contribution in [1.29, 1.82) is 0 Å². The number of benzene rings is 1. The lowest BCUT2D eigenvalue weighted by molar-refractivity contribution is -0.117. The van der Waals surface area contributed by atoms with Crippen molar-refractivity contribution in [2.75, 3.05) is 44.8 Å². The van der Waals surface area contributed by atoms with Gasteiger partial charge < -0.3 is 14.2 Å². The van der Waals surface area contributed by atoms with Gasteiger partial charge in [-0.05, 0) is 12.5 Å². The molecule has 0 unspecified atom stereocenters. The van der Waals surface area contributed by atoms with Gasteiger partial charge in [-0.25, -0.2) is 15.0 Å². The van der Waals surface area contributed by atoms with E-state index < -0.39 is 0 Å². The van der Waals surface area contributed by atoms with Crippen LogP contribution in [-0.2, 0) is 27.8 Å². The molecule has 1 aliphatic rings. The molecule has 0 N–H and O–H groups in total. The predicted molar refractivity (Wildman–Crippen MR) is 164 cm³/mol. The average molecular weight is 588 g/mol. The number of imidazole rings is 1. The number of hydrogen-bond donors (Lipinski definition) is 0. The summed E-state index contributed by atoms with van der Waals surface area (Å²) >= 11 is 1.56. The third-order valence-electron chi connectivity index (χ3n) is 7.74. The van der Waals surface area contributed by atoms with Crippen LogP contribution < -0.4 is 4.90 Å². The fourth-order valence-electron chi connectivity index (χ4n) is 5.11. The molecular formula is C31H37N7O3S. The lowest BCUT2D eigenvalue weighted by Gasteiger charge is -2.34. The van der Waals surface area contributed by atoms with Gasteiger partial charge in [-0.15, -0.1) is 0 Å². The maximum Gasteiger partial charge on any atom is 0.226 e. The molecule has 0 saturated carbocycles. The number of fused-ring (bicyclic) bond motifs is 3. The van der Waals surface area contributed by atoms with Crippen molar-refractivity contribution in [2.24, 2.45) is 0 Å². The fourth-order valence-corrected chi connectivity index (χ4v) is 6.06. The molecule has 0 spiro atoms. The van der Waals surface area contributed by atoms with E-state index in [0.717, 1.165) is 76.7 Å². The SMILES string of the molecule is C[C@H]1COCCN1CCN(C)c1ncc2c(n1)sc1nc(-c3ccc(CC(=O)Cc4cc(C(C)(C)C)on4)cc3)cn12. The van der Waals surface area contributed by atoms with Crippen LogP contribution in [0.5, 0.6) is 0 Å². The van der Waals surface area contributed by atoms with Gasteiger partial charge in [0.2, 0.25) is 5.95 Å². The number of thiazole rings is 1. The molecule has 5 heterocycles. The molecule has 220 valence electrons. The predicted octanol–water partition coefficient (Wildman–Crippen LogP) is 4.80. The zero-order valence-electron chi connectivity index (χ0n) is 24.8. The molecule has 6 rings (SSSR count). The Labute approximate surface area is 249 Å². The summed E-state index contributed by atoms with van der Waals surface area (Å²) in [5.74, 6) is 1.61. The number of Topliss-reactive ketones (excluding diaryl/α,β-unsaturated/α-hetero) is 1. The second kappa shape index (κ2) is 11.5. The Bertz CT molecular complexity index is 1700. The van der Waals surface area contributed by atoms with E-state index >= 15 is 0 Å². The number of carbonyl (C=O) groups is 1. The quantitative estimate of drug-likeness (QED) is 0.241. The van der Waals surface area contributed by atoms with Crippen LogP contribution in [0.4, 0.5) is 5.95 Å². The smallest absolute Gasteiger partial charge is 0.226 e. The molecule has 1 saturated heterocycles. The number of aromatic nitrogens is 5. The highest BCUT2D eigenvalue weighted by Crippen LogP contribution is 2.29. The largest absolute Gasteiger partial charge is 0.379 e. The molecule has 0 radical (unpaired) electrons. The Morgan fingerprint density at radius 2 is 1.98 bits per heavy atom. The van der Waals surface area contributed by atoms with Crippen molar-refractivity contribution < 1.29 is 14.1 Å². The standard InChI is InChI=1S/C31H37N7O3S/c1-20-19-40-13-12-37(20)11-10-36(5)29-32-17-26-28(34-29)42-30-33-25(18-38(26)30)22-8-6-21(7-9-22)14-24(39)15-23-16-27(41-35-23)31(2,3)4/h6-9,16-18,20H,10-15,19H2,1-5H3/t20-/m0/s1. The van der Waals surface area contributed by atoms with Gasteiger partial charge in [-0.2, -0.15) is 0 Å². The first kappa shape index (κ1) is 28.4. The van der Waals surface area contributed by atoms with E-state index in [9.17, 15) is 4.79 Å². The van der Waals surface area contributed by atoms with Crippen molar-refractivity contribution in [3.63, 3.8) is 0 Å². The van der Waals surface area contributed by atoms with Gasteiger partial charge in [0, 0.05) is 62.4 Å². The van der Waals surface area contributed by atoms with Crippen LogP contribution in [-0.4, -0.2) is 81.1 Å². The van der Waals surface area contributed by atoms with E-state index in [4.69, 9.17) is 19.2 Å². The Morgan fingerprint density at radius 3 is 2.71 bits per heavy atom. The van der Waals surface area contributed by atoms with Crippen LogP contribution in [0.2, 0.25) is 0 Å². The summed E-state index contributed by atoms with van der Waals surface area (Å²) < 4.78 is 13.0. The molecule has 0 bridgehead atoms. The summed E-state index contributed by atoms with van der Waals surface area (Å²) in [6.45, 7) is 12.7. The fraction of sp³-hybridized carbons (Fsp3) is 0.452. The Kier molecular flexibility index (Phi) is 7.82. The summed E-state index contributed by atoms with van der Waals surface area (Å²) in [6, 6.07) is 10.3. The topological polar surface area (TPSA) is 102 Å². The molecular weight excluding hydrogens is 550 g/mol. The first-order valence-corrected chi connectivity index (χ1v) is 15.2. The molecule has 4 aromatic heterocycles. The molecule has 0 aliphatic carbocycles. The third-order valence-corrected chi connectivity index (χ3v) is 8.71. The maximum absolute atomic E-state index is 12.7. The second-order valence-corrected chi connectivity index (χ2v) is 13.1. The minimum atomic E-state index is -0.132. The highest BCUT2D eigenvalue weighted by atomic mass is 32.1. The molecule has 0 amide bonds. The monoisotopic (exact) mass is 587 g/mol. The summed E-state index contributed by atoms with van der Waals surface area (Å²) in [7, 11) is 2.04. The van der Waals surface area contributed by atoms with Gasteiger partial charge in [-0.1, -0.05) is 61.5 Å². The van der Waals surface area contributed by atoms with Crippen LogP contribution in [0.15, 0.2) is 47.2 Å². The third kappa shape index (κ3) is 6.08. The maximum atomic E-state index is 12.7. The number of carbonyl (C=O) groups excluding carboxylic acids is 1. The van der Waals surface area contributed by atoms with Gasteiger partial charge >= 0.3 is 0 Å². The number of morpholine rings is 1. The number of anilines is 1. The molecule has 10 nitrogen and oxygen atoms in total. The minimum absolute atomic E-state index is 0.103. The van der Waals surface area contributed by atoms with Crippen LogP contribution in [0.3, 0.4) is 0 Å². The molecule has 1 atom stereocenters. The van der Waals surface area contributed by atoms with Crippen molar-refractivity contribution in [3.8, 4) is 11.3 Å². The van der Waals surface area contributed by atoms with Crippen LogP contribution in [0.1, 0.15) is 44.7 Å². The van der Waals surface area contributed by atoms with Gasteiger partial charge in [0.1, 0.15) is 21.9 Å².